The van der Waals surface area contributed by atoms with Crippen LogP contribution in [0.1, 0.15) is 34.7 Å². The van der Waals surface area contributed by atoms with E-state index in [1.165, 1.54) is 0 Å². The van der Waals surface area contributed by atoms with Crippen LogP contribution in [0.4, 0.5) is 0 Å². The van der Waals surface area contributed by atoms with Crippen molar-refractivity contribution in [3.63, 3.8) is 0 Å². The third-order valence-corrected chi connectivity index (χ3v) is 3.64. The first-order chi connectivity index (χ1) is 8.70. The Morgan fingerprint density at radius 1 is 1.39 bits per heavy atom. The normalized spacial score (nSPS) is 17.8. The summed E-state index contributed by atoms with van der Waals surface area (Å²) in [6.45, 7) is 3.78. The van der Waals surface area contributed by atoms with Crippen molar-refractivity contribution in [2.75, 3.05) is 26.2 Å². The summed E-state index contributed by atoms with van der Waals surface area (Å²) < 4.78 is 0. The molecule has 0 spiro atoms. The van der Waals surface area contributed by atoms with E-state index in [0.29, 0.717) is 18.0 Å². The molecule has 0 bridgehead atoms. The van der Waals surface area contributed by atoms with Gasteiger partial charge in [-0.15, -0.1) is 0 Å². The third-order valence-electron chi connectivity index (χ3n) is 3.64. The van der Waals surface area contributed by atoms with E-state index in [0.717, 1.165) is 38.0 Å². The monoisotopic (exact) mass is 248 g/mol. The second kappa shape index (κ2) is 5.98. The summed E-state index contributed by atoms with van der Waals surface area (Å²) in [6, 6.07) is 7.34. The summed E-state index contributed by atoms with van der Waals surface area (Å²) in [5.41, 5.74) is 7.09. The summed E-state index contributed by atoms with van der Waals surface area (Å²) in [5.74, 6) is -0.365. The highest BCUT2D eigenvalue weighted by atomic mass is 16.4. The molecule has 1 fully saturated rings. The number of piperidine rings is 1. The first kappa shape index (κ1) is 13.1. The van der Waals surface area contributed by atoms with Crippen LogP contribution in [0.5, 0.6) is 0 Å². The lowest BCUT2D eigenvalue weighted by atomic mass is 9.88. The van der Waals surface area contributed by atoms with Crippen LogP contribution in [0.3, 0.4) is 0 Å². The Bertz CT molecular complexity index is 412. The van der Waals surface area contributed by atoms with E-state index in [2.05, 4.69) is 4.90 Å². The Morgan fingerprint density at radius 2 is 2.11 bits per heavy atom. The van der Waals surface area contributed by atoms with E-state index in [4.69, 9.17) is 10.8 Å². The van der Waals surface area contributed by atoms with Gasteiger partial charge in [-0.25, -0.2) is 4.79 Å². The summed E-state index contributed by atoms with van der Waals surface area (Å²) in [6.07, 6.45) is 2.17. The Labute approximate surface area is 107 Å². The number of nitrogens with zero attached hydrogens (tertiary/aromatic N) is 1. The van der Waals surface area contributed by atoms with Gasteiger partial charge in [0.2, 0.25) is 0 Å². The zero-order valence-corrected chi connectivity index (χ0v) is 10.5. The molecule has 0 aliphatic carbocycles. The van der Waals surface area contributed by atoms with Gasteiger partial charge in [0.25, 0.3) is 0 Å². The summed E-state index contributed by atoms with van der Waals surface area (Å²) >= 11 is 0. The van der Waals surface area contributed by atoms with Crippen molar-refractivity contribution in [3.8, 4) is 0 Å². The second-order valence-electron chi connectivity index (χ2n) is 4.84. The van der Waals surface area contributed by atoms with Crippen LogP contribution in [0.25, 0.3) is 0 Å². The molecule has 0 radical (unpaired) electrons. The maximum absolute atomic E-state index is 11.0. The molecule has 4 heteroatoms. The van der Waals surface area contributed by atoms with Crippen LogP contribution in [-0.4, -0.2) is 42.2 Å². The molecule has 0 aromatic heterocycles. The van der Waals surface area contributed by atoms with E-state index in [1.54, 1.807) is 6.07 Å². The lowest BCUT2D eigenvalue weighted by Crippen LogP contribution is -2.36. The Balaban J connectivity index is 2.01. The molecule has 1 aliphatic rings. The highest BCUT2D eigenvalue weighted by Gasteiger charge is 2.20. The highest BCUT2D eigenvalue weighted by molar-refractivity contribution is 5.87. The number of benzene rings is 1. The molecule has 18 heavy (non-hydrogen) atoms. The number of hydrogen-bond acceptors (Lipinski definition) is 3. The minimum Gasteiger partial charge on any atom is -0.478 e. The van der Waals surface area contributed by atoms with Crippen LogP contribution in [0, 0.1) is 0 Å². The average Bonchev–Trinajstić information content (AvgIpc) is 2.40. The summed E-state index contributed by atoms with van der Waals surface area (Å²) in [7, 11) is 0. The van der Waals surface area contributed by atoms with E-state index >= 15 is 0 Å². The van der Waals surface area contributed by atoms with Gasteiger partial charge in [-0.05, 0) is 49.5 Å². The van der Waals surface area contributed by atoms with Gasteiger partial charge in [0.15, 0.2) is 0 Å². The van der Waals surface area contributed by atoms with Gasteiger partial charge in [-0.1, -0.05) is 12.1 Å². The van der Waals surface area contributed by atoms with Crippen molar-refractivity contribution in [2.24, 2.45) is 5.73 Å². The average molecular weight is 248 g/mol. The maximum Gasteiger partial charge on any atom is 0.335 e. The maximum atomic E-state index is 11.0. The molecule has 3 N–H and O–H groups in total. The summed E-state index contributed by atoms with van der Waals surface area (Å²) in [5, 5.41) is 9.00. The molecule has 1 heterocycles. The van der Waals surface area contributed by atoms with Gasteiger partial charge in [-0.2, -0.15) is 0 Å². The van der Waals surface area contributed by atoms with Crippen LogP contribution in [0.2, 0.25) is 0 Å². The molecule has 4 nitrogen and oxygen atoms in total. The van der Waals surface area contributed by atoms with Crippen molar-refractivity contribution >= 4 is 5.97 Å². The van der Waals surface area contributed by atoms with Crippen molar-refractivity contribution in [3.05, 3.63) is 35.4 Å². The second-order valence-corrected chi connectivity index (χ2v) is 4.84. The zero-order chi connectivity index (χ0) is 13.0. The zero-order valence-electron chi connectivity index (χ0n) is 10.5. The molecule has 0 unspecified atom stereocenters. The van der Waals surface area contributed by atoms with E-state index in [1.807, 2.05) is 18.2 Å². The Kier molecular flexibility index (Phi) is 4.33. The number of rotatable bonds is 4. The first-order valence-corrected chi connectivity index (χ1v) is 6.46. The number of carboxylic acids is 1. The van der Waals surface area contributed by atoms with Crippen molar-refractivity contribution in [2.45, 2.75) is 18.8 Å². The highest BCUT2D eigenvalue weighted by Crippen LogP contribution is 2.28. The standard InChI is InChI=1S/C14H20N2O2/c15-6-9-16-7-4-11(5-8-16)12-2-1-3-13(10-12)14(17)18/h1-3,10-11H,4-9,15H2,(H,17,18). The number of likely N-dealkylation sites (tertiary alicyclic amines) is 1. The molecule has 1 saturated heterocycles. The predicted octanol–water partition coefficient (Wildman–Crippen LogP) is 1.52. The fourth-order valence-corrected chi connectivity index (χ4v) is 2.60. The topological polar surface area (TPSA) is 66.6 Å². The van der Waals surface area contributed by atoms with Crippen molar-refractivity contribution in [1.82, 2.24) is 4.90 Å². The van der Waals surface area contributed by atoms with Gasteiger partial charge in [0, 0.05) is 13.1 Å². The third kappa shape index (κ3) is 3.09. The van der Waals surface area contributed by atoms with Crippen LogP contribution < -0.4 is 5.73 Å². The van der Waals surface area contributed by atoms with Crippen LogP contribution in [-0.2, 0) is 0 Å². The van der Waals surface area contributed by atoms with E-state index in [-0.39, 0.29) is 0 Å². The summed E-state index contributed by atoms with van der Waals surface area (Å²) in [4.78, 5) is 13.3. The fourth-order valence-electron chi connectivity index (χ4n) is 2.60. The fraction of sp³-hybridized carbons (Fsp3) is 0.500. The number of hydrogen-bond donors (Lipinski definition) is 2. The molecule has 1 aromatic rings. The van der Waals surface area contributed by atoms with E-state index in [9.17, 15) is 4.79 Å². The smallest absolute Gasteiger partial charge is 0.335 e. The molecule has 1 aromatic carbocycles. The van der Waals surface area contributed by atoms with Crippen molar-refractivity contribution in [1.29, 1.82) is 0 Å². The van der Waals surface area contributed by atoms with E-state index < -0.39 is 5.97 Å². The van der Waals surface area contributed by atoms with Crippen LogP contribution in [0.15, 0.2) is 24.3 Å². The molecule has 0 atom stereocenters. The Hall–Kier alpha value is -1.39. The van der Waals surface area contributed by atoms with Crippen molar-refractivity contribution < 1.29 is 9.90 Å². The number of nitrogens with two attached hydrogens (primary N) is 1. The number of carbonyl (C=O) groups is 1. The van der Waals surface area contributed by atoms with Gasteiger partial charge >= 0.3 is 5.97 Å². The lowest BCUT2D eigenvalue weighted by molar-refractivity contribution is 0.0696. The number of carboxylic acid groups (broad SMARTS) is 1. The SMILES string of the molecule is NCCN1CCC(c2cccc(C(=O)O)c2)CC1. The molecular weight excluding hydrogens is 228 g/mol. The van der Waals surface area contributed by atoms with Gasteiger partial charge < -0.3 is 15.7 Å². The Morgan fingerprint density at radius 3 is 2.72 bits per heavy atom. The van der Waals surface area contributed by atoms with Crippen LogP contribution >= 0.6 is 0 Å². The molecule has 0 saturated carbocycles. The quantitative estimate of drug-likeness (QED) is 0.848. The van der Waals surface area contributed by atoms with Gasteiger partial charge in [0.05, 0.1) is 5.56 Å². The van der Waals surface area contributed by atoms with Gasteiger partial charge in [-0.3, -0.25) is 0 Å². The molecule has 0 amide bonds. The van der Waals surface area contributed by atoms with Gasteiger partial charge in [0.1, 0.15) is 0 Å². The minimum absolute atomic E-state index is 0.386. The predicted molar refractivity (Wildman–Crippen MR) is 70.9 cm³/mol. The minimum atomic E-state index is -0.850. The molecule has 1 aliphatic heterocycles. The number of aromatic carboxylic acids is 1. The molecular formula is C14H20N2O2. The largest absolute Gasteiger partial charge is 0.478 e. The lowest BCUT2D eigenvalue weighted by Gasteiger charge is -2.31. The molecule has 98 valence electrons. The molecule has 2 rings (SSSR count). The first-order valence-electron chi connectivity index (χ1n) is 6.46.